The van der Waals surface area contributed by atoms with Crippen molar-refractivity contribution in [3.63, 3.8) is 0 Å². The Balaban J connectivity index is 1.62. The summed E-state index contributed by atoms with van der Waals surface area (Å²) in [6.07, 6.45) is -8.27. The maximum absolute atomic E-state index is 14.0. The first-order valence-electron chi connectivity index (χ1n) is 12.8. The lowest BCUT2D eigenvalue weighted by Crippen LogP contribution is -2.10. The van der Waals surface area contributed by atoms with Crippen molar-refractivity contribution in [2.45, 2.75) is 38.2 Å². The Labute approximate surface area is 247 Å². The standard InChI is InChI=1S/C31H23ClF6N2O3/c32-22-9-5-18(6-10-22)24-12-11-23(15-26(24)31(36,37)38)39-16-19-4-8-21(30(33,34)35)14-25(19)20-7-13-27(40-17-20)28(41)2-1-3-29(42)43/h4-15,17,39H,1-3,16H2,(H,42,43). The van der Waals surface area contributed by atoms with E-state index in [0.717, 1.165) is 18.2 Å². The lowest BCUT2D eigenvalue weighted by Gasteiger charge is -2.18. The molecule has 0 fully saturated rings. The van der Waals surface area contributed by atoms with E-state index in [1.54, 1.807) is 0 Å². The largest absolute Gasteiger partial charge is 0.481 e. The summed E-state index contributed by atoms with van der Waals surface area (Å²) in [5, 5.41) is 12.0. The highest BCUT2D eigenvalue weighted by atomic mass is 35.5. The van der Waals surface area contributed by atoms with E-state index in [9.17, 15) is 35.9 Å². The Kier molecular flexibility index (Phi) is 9.44. The van der Waals surface area contributed by atoms with Gasteiger partial charge in [-0.1, -0.05) is 41.9 Å². The molecule has 5 nitrogen and oxygen atoms in total. The zero-order chi connectivity index (χ0) is 31.4. The van der Waals surface area contributed by atoms with Crippen LogP contribution in [0.25, 0.3) is 22.3 Å². The van der Waals surface area contributed by atoms with Crippen LogP contribution in [0.15, 0.2) is 79.0 Å². The number of nitrogens with zero attached hydrogens (tertiary/aromatic N) is 1. The number of Topliss-reactive ketones (excluding diaryl/α,β-unsaturated/α-hetero) is 1. The number of alkyl halides is 6. The van der Waals surface area contributed by atoms with E-state index in [1.165, 1.54) is 60.8 Å². The van der Waals surface area contributed by atoms with Gasteiger partial charge in [0, 0.05) is 41.9 Å². The van der Waals surface area contributed by atoms with Gasteiger partial charge in [0.15, 0.2) is 5.78 Å². The second kappa shape index (κ2) is 12.9. The lowest BCUT2D eigenvalue weighted by molar-refractivity contribution is -0.138. The van der Waals surface area contributed by atoms with Gasteiger partial charge in [0.1, 0.15) is 5.69 Å². The molecule has 0 aliphatic rings. The van der Waals surface area contributed by atoms with Crippen LogP contribution in [-0.4, -0.2) is 21.8 Å². The average Bonchev–Trinajstić information content (AvgIpc) is 2.95. The van der Waals surface area contributed by atoms with Crippen LogP contribution >= 0.6 is 11.6 Å². The summed E-state index contributed by atoms with van der Waals surface area (Å²) >= 11 is 5.86. The number of rotatable bonds is 10. The summed E-state index contributed by atoms with van der Waals surface area (Å²) in [6, 6.07) is 15.3. The molecule has 0 radical (unpaired) electrons. The quantitative estimate of drug-likeness (QED) is 0.137. The molecule has 0 amide bonds. The van der Waals surface area contributed by atoms with Crippen LogP contribution in [0.2, 0.25) is 5.02 Å². The van der Waals surface area contributed by atoms with E-state index in [2.05, 4.69) is 10.3 Å². The molecule has 0 spiro atoms. The molecule has 43 heavy (non-hydrogen) atoms. The first-order chi connectivity index (χ1) is 20.2. The number of anilines is 1. The van der Waals surface area contributed by atoms with E-state index in [4.69, 9.17) is 16.7 Å². The third-order valence-corrected chi connectivity index (χ3v) is 6.81. The molecule has 4 rings (SSSR count). The van der Waals surface area contributed by atoms with E-state index < -0.39 is 35.2 Å². The normalized spacial score (nSPS) is 11.8. The molecule has 0 atom stereocenters. The Morgan fingerprint density at radius 3 is 2.09 bits per heavy atom. The van der Waals surface area contributed by atoms with Gasteiger partial charge in [-0.25, -0.2) is 0 Å². The molecule has 0 unspecified atom stereocenters. The zero-order valence-corrected chi connectivity index (χ0v) is 22.9. The second-order valence-electron chi connectivity index (χ2n) is 9.59. The number of halogens is 7. The topological polar surface area (TPSA) is 79.3 Å². The molecule has 12 heteroatoms. The summed E-state index contributed by atoms with van der Waals surface area (Å²) < 4.78 is 82.5. The minimum atomic E-state index is -4.69. The number of hydrogen-bond donors (Lipinski definition) is 2. The van der Waals surface area contributed by atoms with Crippen molar-refractivity contribution in [3.8, 4) is 22.3 Å². The number of carbonyl (C=O) groups is 2. The van der Waals surface area contributed by atoms with Gasteiger partial charge in [0.2, 0.25) is 0 Å². The fraction of sp³-hybridized carbons (Fsp3) is 0.194. The lowest BCUT2D eigenvalue weighted by atomic mass is 9.96. The number of aliphatic carboxylic acids is 1. The van der Waals surface area contributed by atoms with Gasteiger partial charge in [0.25, 0.3) is 0 Å². The Morgan fingerprint density at radius 1 is 0.791 bits per heavy atom. The molecule has 224 valence electrons. The summed E-state index contributed by atoms with van der Waals surface area (Å²) in [7, 11) is 0. The highest BCUT2D eigenvalue weighted by molar-refractivity contribution is 6.30. The highest BCUT2D eigenvalue weighted by Gasteiger charge is 2.34. The minimum absolute atomic E-state index is 0.0289. The Bertz CT molecular complexity index is 1620. The van der Waals surface area contributed by atoms with Crippen LogP contribution in [0, 0.1) is 0 Å². The number of carbonyl (C=O) groups excluding carboxylic acids is 1. The molecule has 3 aromatic carbocycles. The number of benzene rings is 3. The molecular formula is C31H23ClF6N2O3. The van der Waals surface area contributed by atoms with E-state index >= 15 is 0 Å². The minimum Gasteiger partial charge on any atom is -0.481 e. The van der Waals surface area contributed by atoms with E-state index in [-0.39, 0.29) is 53.9 Å². The molecule has 0 saturated heterocycles. The number of carboxylic acids is 1. The van der Waals surface area contributed by atoms with E-state index in [1.807, 2.05) is 0 Å². The maximum atomic E-state index is 14.0. The third kappa shape index (κ3) is 8.13. The first kappa shape index (κ1) is 31.6. The van der Waals surface area contributed by atoms with E-state index in [0.29, 0.717) is 16.1 Å². The maximum Gasteiger partial charge on any atom is 0.417 e. The molecule has 1 heterocycles. The molecule has 4 aromatic rings. The molecule has 0 aliphatic carbocycles. The molecule has 2 N–H and O–H groups in total. The van der Waals surface area contributed by atoms with Gasteiger partial charge in [-0.05, 0) is 71.1 Å². The number of aromatic nitrogens is 1. The van der Waals surface area contributed by atoms with Gasteiger partial charge in [-0.2, -0.15) is 26.3 Å². The fourth-order valence-corrected chi connectivity index (χ4v) is 4.52. The number of nitrogens with one attached hydrogen (secondary N) is 1. The van der Waals surface area contributed by atoms with Gasteiger partial charge >= 0.3 is 18.3 Å². The van der Waals surface area contributed by atoms with Crippen LogP contribution in [0.5, 0.6) is 0 Å². The van der Waals surface area contributed by atoms with Gasteiger partial charge in [0.05, 0.1) is 11.1 Å². The summed E-state index contributed by atoms with van der Waals surface area (Å²) in [4.78, 5) is 27.0. The predicted molar refractivity (Wildman–Crippen MR) is 150 cm³/mol. The van der Waals surface area contributed by atoms with Crippen molar-refractivity contribution in [3.05, 3.63) is 106 Å². The number of pyridine rings is 1. The average molecular weight is 621 g/mol. The van der Waals surface area contributed by atoms with Crippen molar-refractivity contribution in [2.24, 2.45) is 0 Å². The summed E-state index contributed by atoms with van der Waals surface area (Å²) in [5.74, 6) is -1.46. The van der Waals surface area contributed by atoms with Crippen LogP contribution in [0.3, 0.4) is 0 Å². The van der Waals surface area contributed by atoms with Crippen molar-refractivity contribution in [2.75, 3.05) is 5.32 Å². The number of carboxylic acid groups (broad SMARTS) is 1. The van der Waals surface area contributed by atoms with Crippen LogP contribution in [0.1, 0.15) is 46.4 Å². The molecule has 0 aliphatic heterocycles. The van der Waals surface area contributed by atoms with Gasteiger partial charge < -0.3 is 10.4 Å². The molecule has 0 bridgehead atoms. The van der Waals surface area contributed by atoms with Crippen LogP contribution in [-0.2, 0) is 23.7 Å². The van der Waals surface area contributed by atoms with Crippen molar-refractivity contribution in [1.29, 1.82) is 0 Å². The van der Waals surface area contributed by atoms with Gasteiger partial charge in [-0.15, -0.1) is 0 Å². The second-order valence-corrected chi connectivity index (χ2v) is 10.0. The van der Waals surface area contributed by atoms with Crippen LogP contribution in [0.4, 0.5) is 32.0 Å². The Morgan fingerprint density at radius 2 is 1.49 bits per heavy atom. The molecular weight excluding hydrogens is 598 g/mol. The smallest absolute Gasteiger partial charge is 0.417 e. The monoisotopic (exact) mass is 620 g/mol. The highest BCUT2D eigenvalue weighted by Crippen LogP contribution is 2.39. The third-order valence-electron chi connectivity index (χ3n) is 6.56. The molecule has 1 aromatic heterocycles. The SMILES string of the molecule is O=C(O)CCCC(=O)c1ccc(-c2cc(C(F)(F)F)ccc2CNc2ccc(-c3ccc(Cl)cc3)c(C(F)(F)F)c2)cn1. The van der Waals surface area contributed by atoms with Crippen LogP contribution < -0.4 is 5.32 Å². The fourth-order valence-electron chi connectivity index (χ4n) is 4.39. The van der Waals surface area contributed by atoms with Crippen molar-refractivity contribution < 1.29 is 41.0 Å². The Hall–Kier alpha value is -4.38. The number of hydrogen-bond acceptors (Lipinski definition) is 4. The van der Waals surface area contributed by atoms with Crippen molar-refractivity contribution >= 4 is 29.0 Å². The summed E-state index contributed by atoms with van der Waals surface area (Å²) in [5.41, 5.74) is -0.763. The molecule has 0 saturated carbocycles. The predicted octanol–water partition coefficient (Wildman–Crippen LogP) is 9.16. The first-order valence-corrected chi connectivity index (χ1v) is 13.2. The summed E-state index contributed by atoms with van der Waals surface area (Å²) in [6.45, 7) is -0.124. The van der Waals surface area contributed by atoms with Gasteiger partial charge in [-0.3, -0.25) is 14.6 Å². The van der Waals surface area contributed by atoms with Crippen molar-refractivity contribution in [1.82, 2.24) is 4.98 Å². The number of ketones is 1. The zero-order valence-electron chi connectivity index (χ0n) is 22.2.